The number of nitrogens with one attached hydrogen (secondary N) is 1. The van der Waals surface area contributed by atoms with Crippen LogP contribution in [0.1, 0.15) is 10.4 Å². The first-order chi connectivity index (χ1) is 13.7. The Morgan fingerprint density at radius 3 is 2.41 bits per heavy atom. The fraction of sp³-hybridized carbons (Fsp3) is 0.0500. The predicted molar refractivity (Wildman–Crippen MR) is 104 cm³/mol. The number of rotatable bonds is 5. The molecule has 29 heavy (non-hydrogen) atoms. The lowest BCUT2D eigenvalue weighted by Gasteiger charge is -2.11. The van der Waals surface area contributed by atoms with E-state index in [4.69, 9.17) is 5.73 Å². The van der Waals surface area contributed by atoms with Crippen LogP contribution in [0.2, 0.25) is 0 Å². The largest absolute Gasteiger partial charge is 0.573 e. The summed E-state index contributed by atoms with van der Waals surface area (Å²) in [4.78, 5) is 13.9. The van der Waals surface area contributed by atoms with E-state index in [1.54, 1.807) is 42.5 Å². The standard InChI is InChI=1S/C20H15F3N2O3S/c21-20(22,23)28-15-3-1-2-12(10-15)19(27)25-13-4-9-18(17(24)11-13)29-16-7-5-14(26)6-8-16/h1-11,26H,24H2,(H,25,27). The number of carbonyl (C=O) groups is 1. The van der Waals surface area contributed by atoms with Gasteiger partial charge in [-0.2, -0.15) is 0 Å². The average molecular weight is 420 g/mol. The number of alkyl halides is 3. The van der Waals surface area contributed by atoms with Crippen molar-refractivity contribution in [3.63, 3.8) is 0 Å². The molecule has 150 valence electrons. The zero-order valence-corrected chi connectivity index (χ0v) is 15.6. The lowest BCUT2D eigenvalue weighted by Crippen LogP contribution is -2.18. The third-order valence-electron chi connectivity index (χ3n) is 3.66. The minimum absolute atomic E-state index is 0.00728. The van der Waals surface area contributed by atoms with E-state index in [1.165, 1.54) is 23.9 Å². The van der Waals surface area contributed by atoms with Gasteiger partial charge < -0.3 is 20.9 Å². The SMILES string of the molecule is Nc1cc(NC(=O)c2cccc(OC(F)(F)F)c2)ccc1Sc1ccc(O)cc1. The van der Waals surface area contributed by atoms with Crippen LogP contribution in [-0.2, 0) is 0 Å². The summed E-state index contributed by atoms with van der Waals surface area (Å²) >= 11 is 1.38. The normalized spacial score (nSPS) is 11.1. The molecule has 3 rings (SSSR count). The van der Waals surface area contributed by atoms with Crippen molar-refractivity contribution < 1.29 is 27.8 Å². The zero-order chi connectivity index (χ0) is 21.0. The van der Waals surface area contributed by atoms with Crippen molar-refractivity contribution in [2.45, 2.75) is 16.2 Å². The van der Waals surface area contributed by atoms with E-state index in [0.29, 0.717) is 11.4 Å². The monoisotopic (exact) mass is 420 g/mol. The van der Waals surface area contributed by atoms with Crippen molar-refractivity contribution in [1.29, 1.82) is 0 Å². The number of phenols is 1. The fourth-order valence-corrected chi connectivity index (χ4v) is 3.24. The molecule has 0 bridgehead atoms. The summed E-state index contributed by atoms with van der Waals surface area (Å²) in [5.41, 5.74) is 6.85. The molecule has 0 aliphatic rings. The predicted octanol–water partition coefficient (Wildman–Crippen LogP) is 5.28. The summed E-state index contributed by atoms with van der Waals surface area (Å²) in [6.45, 7) is 0. The van der Waals surface area contributed by atoms with Gasteiger partial charge >= 0.3 is 6.36 Å². The number of amides is 1. The number of hydrogen-bond donors (Lipinski definition) is 3. The maximum Gasteiger partial charge on any atom is 0.573 e. The van der Waals surface area contributed by atoms with Crippen molar-refractivity contribution in [2.24, 2.45) is 0 Å². The maximum absolute atomic E-state index is 12.3. The second kappa shape index (κ2) is 8.36. The van der Waals surface area contributed by atoms with Gasteiger partial charge in [-0.05, 0) is 60.7 Å². The Kier molecular flexibility index (Phi) is 5.88. The van der Waals surface area contributed by atoms with Crippen molar-refractivity contribution in [2.75, 3.05) is 11.1 Å². The topological polar surface area (TPSA) is 84.6 Å². The molecule has 0 aliphatic heterocycles. The van der Waals surface area contributed by atoms with Crippen LogP contribution < -0.4 is 15.8 Å². The van der Waals surface area contributed by atoms with E-state index in [9.17, 15) is 23.1 Å². The van der Waals surface area contributed by atoms with Gasteiger partial charge in [0.2, 0.25) is 0 Å². The Balaban J connectivity index is 1.70. The summed E-state index contributed by atoms with van der Waals surface area (Å²) < 4.78 is 40.8. The highest BCUT2D eigenvalue weighted by Crippen LogP contribution is 2.34. The minimum atomic E-state index is -4.84. The first kappa shape index (κ1) is 20.4. The van der Waals surface area contributed by atoms with Crippen LogP contribution in [-0.4, -0.2) is 17.4 Å². The van der Waals surface area contributed by atoms with Crippen LogP contribution in [0.4, 0.5) is 24.5 Å². The van der Waals surface area contributed by atoms with Crippen molar-refractivity contribution >= 4 is 29.0 Å². The summed E-state index contributed by atoms with van der Waals surface area (Å²) in [7, 11) is 0. The van der Waals surface area contributed by atoms with E-state index in [1.807, 2.05) is 0 Å². The van der Waals surface area contributed by atoms with Crippen molar-refractivity contribution in [1.82, 2.24) is 0 Å². The van der Waals surface area contributed by atoms with Crippen molar-refractivity contribution in [3.05, 3.63) is 72.3 Å². The summed E-state index contributed by atoms with van der Waals surface area (Å²) in [6, 6.07) is 16.3. The van der Waals surface area contributed by atoms with E-state index < -0.39 is 18.0 Å². The van der Waals surface area contributed by atoms with Crippen LogP contribution in [0.3, 0.4) is 0 Å². The number of aromatic hydroxyl groups is 1. The molecule has 0 spiro atoms. The van der Waals surface area contributed by atoms with Gasteiger partial charge in [0.1, 0.15) is 11.5 Å². The van der Waals surface area contributed by atoms with Crippen LogP contribution in [0.25, 0.3) is 0 Å². The molecule has 0 atom stereocenters. The van der Waals surface area contributed by atoms with Gasteiger partial charge in [-0.3, -0.25) is 4.79 Å². The first-order valence-corrected chi connectivity index (χ1v) is 9.05. The third kappa shape index (κ3) is 5.82. The molecule has 4 N–H and O–H groups in total. The Morgan fingerprint density at radius 1 is 1.03 bits per heavy atom. The molecule has 1 amide bonds. The number of phenolic OH excluding ortho intramolecular Hbond substituents is 1. The number of anilines is 2. The Hall–Kier alpha value is -3.33. The lowest BCUT2D eigenvalue weighted by molar-refractivity contribution is -0.274. The Bertz CT molecular complexity index is 1020. The molecule has 0 aliphatic carbocycles. The van der Waals surface area contributed by atoms with E-state index >= 15 is 0 Å². The maximum atomic E-state index is 12.3. The molecule has 0 aromatic heterocycles. The van der Waals surface area contributed by atoms with Gasteiger partial charge in [0, 0.05) is 26.7 Å². The highest BCUT2D eigenvalue weighted by molar-refractivity contribution is 7.99. The second-order valence-electron chi connectivity index (χ2n) is 5.88. The molecule has 0 unspecified atom stereocenters. The minimum Gasteiger partial charge on any atom is -0.508 e. The molecule has 5 nitrogen and oxygen atoms in total. The Labute approximate surface area is 168 Å². The second-order valence-corrected chi connectivity index (χ2v) is 6.99. The Morgan fingerprint density at radius 2 is 1.76 bits per heavy atom. The molecule has 3 aromatic rings. The van der Waals surface area contributed by atoms with Gasteiger partial charge in [0.15, 0.2) is 0 Å². The number of nitrogen functional groups attached to an aromatic ring is 1. The molecule has 3 aromatic carbocycles. The van der Waals surface area contributed by atoms with Gasteiger partial charge in [-0.15, -0.1) is 13.2 Å². The molecule has 0 saturated carbocycles. The van der Waals surface area contributed by atoms with Crippen LogP contribution >= 0.6 is 11.8 Å². The quantitative estimate of drug-likeness (QED) is 0.489. The number of ether oxygens (including phenoxy) is 1. The number of benzene rings is 3. The summed E-state index contributed by atoms with van der Waals surface area (Å²) in [6.07, 6.45) is -4.84. The van der Waals surface area contributed by atoms with Crippen LogP contribution in [0.5, 0.6) is 11.5 Å². The molecule has 0 fully saturated rings. The van der Waals surface area contributed by atoms with E-state index in [0.717, 1.165) is 21.9 Å². The summed E-state index contributed by atoms with van der Waals surface area (Å²) in [5.74, 6) is -0.925. The average Bonchev–Trinajstić information content (AvgIpc) is 2.64. The van der Waals surface area contributed by atoms with Crippen molar-refractivity contribution in [3.8, 4) is 11.5 Å². The van der Waals surface area contributed by atoms with E-state index in [-0.39, 0.29) is 11.3 Å². The number of halogens is 3. The number of carbonyl (C=O) groups excluding carboxylic acids is 1. The molecule has 0 heterocycles. The smallest absolute Gasteiger partial charge is 0.508 e. The fourth-order valence-electron chi connectivity index (χ4n) is 2.40. The molecule has 0 radical (unpaired) electrons. The number of hydrogen-bond acceptors (Lipinski definition) is 5. The zero-order valence-electron chi connectivity index (χ0n) is 14.7. The van der Waals surface area contributed by atoms with Gasteiger partial charge in [0.05, 0.1) is 0 Å². The van der Waals surface area contributed by atoms with Gasteiger partial charge in [0.25, 0.3) is 5.91 Å². The highest BCUT2D eigenvalue weighted by atomic mass is 32.2. The van der Waals surface area contributed by atoms with Crippen LogP contribution in [0, 0.1) is 0 Å². The molecular weight excluding hydrogens is 405 g/mol. The van der Waals surface area contributed by atoms with Gasteiger partial charge in [-0.25, -0.2) is 0 Å². The van der Waals surface area contributed by atoms with Crippen LogP contribution in [0.15, 0.2) is 76.5 Å². The molecule has 9 heteroatoms. The first-order valence-electron chi connectivity index (χ1n) is 8.23. The molecule has 0 saturated heterocycles. The number of nitrogens with two attached hydrogens (primary N) is 1. The lowest BCUT2D eigenvalue weighted by atomic mass is 10.2. The third-order valence-corrected chi connectivity index (χ3v) is 4.76. The molecular formula is C20H15F3N2O3S. The van der Waals surface area contributed by atoms with Gasteiger partial charge in [-0.1, -0.05) is 17.8 Å². The summed E-state index contributed by atoms with van der Waals surface area (Å²) in [5, 5.41) is 11.9. The highest BCUT2D eigenvalue weighted by Gasteiger charge is 2.31. The van der Waals surface area contributed by atoms with E-state index in [2.05, 4.69) is 10.1 Å².